The summed E-state index contributed by atoms with van der Waals surface area (Å²) in [6, 6.07) is 0. The Bertz CT molecular complexity index is 457. The second-order valence-electron chi connectivity index (χ2n) is 5.26. The Kier molecular flexibility index (Phi) is 7.22. The predicted octanol–water partition coefficient (Wildman–Crippen LogP) is 1.58. The monoisotopic (exact) mass is 296 g/mol. The quantitative estimate of drug-likeness (QED) is 0.678. The van der Waals surface area contributed by atoms with Gasteiger partial charge in [0.15, 0.2) is 0 Å². The number of nitrogens with zero attached hydrogens (tertiary/aromatic N) is 3. The molecule has 0 bridgehead atoms. The summed E-state index contributed by atoms with van der Waals surface area (Å²) in [5, 5.41) is 13.5. The summed E-state index contributed by atoms with van der Waals surface area (Å²) in [7, 11) is 1.73. The molecule has 1 aromatic rings. The van der Waals surface area contributed by atoms with Crippen molar-refractivity contribution < 1.29 is 9.90 Å². The molecule has 1 amide bonds. The number of anilines is 1. The van der Waals surface area contributed by atoms with E-state index in [0.29, 0.717) is 30.9 Å². The van der Waals surface area contributed by atoms with Crippen molar-refractivity contribution in [3.05, 3.63) is 11.4 Å². The molecule has 0 aliphatic carbocycles. The van der Waals surface area contributed by atoms with Crippen LogP contribution in [0.15, 0.2) is 0 Å². The van der Waals surface area contributed by atoms with Crippen LogP contribution in [0.1, 0.15) is 55.7 Å². The number of hydrogen-bond donors (Lipinski definition) is 2. The van der Waals surface area contributed by atoms with E-state index in [1.54, 1.807) is 16.6 Å². The highest BCUT2D eigenvalue weighted by molar-refractivity contribution is 5.98. The minimum atomic E-state index is -0.146. The van der Waals surface area contributed by atoms with Gasteiger partial charge in [0.1, 0.15) is 5.69 Å². The molecule has 0 fully saturated rings. The second-order valence-corrected chi connectivity index (χ2v) is 5.26. The van der Waals surface area contributed by atoms with Gasteiger partial charge in [-0.25, -0.2) is 0 Å². The van der Waals surface area contributed by atoms with Crippen molar-refractivity contribution in [2.24, 2.45) is 7.05 Å². The summed E-state index contributed by atoms with van der Waals surface area (Å²) in [6.07, 6.45) is 5.05. The zero-order valence-corrected chi connectivity index (χ0v) is 13.4. The minimum Gasteiger partial charge on any atom is -0.395 e. The van der Waals surface area contributed by atoms with Crippen molar-refractivity contribution >= 4 is 11.6 Å². The molecule has 0 atom stereocenters. The van der Waals surface area contributed by atoms with Crippen LogP contribution in [0.5, 0.6) is 0 Å². The molecule has 21 heavy (non-hydrogen) atoms. The van der Waals surface area contributed by atoms with Gasteiger partial charge in [0.05, 0.1) is 18.0 Å². The average molecular weight is 296 g/mol. The van der Waals surface area contributed by atoms with Gasteiger partial charge in [-0.2, -0.15) is 5.10 Å². The molecule has 0 aliphatic heterocycles. The van der Waals surface area contributed by atoms with E-state index in [1.165, 1.54) is 0 Å². The first-order valence-corrected chi connectivity index (χ1v) is 7.78. The molecule has 6 heteroatoms. The zero-order valence-electron chi connectivity index (χ0n) is 13.4. The molecule has 1 rings (SSSR count). The zero-order chi connectivity index (χ0) is 15.8. The maximum Gasteiger partial charge on any atom is 0.274 e. The highest BCUT2D eigenvalue weighted by Crippen LogP contribution is 2.19. The number of aliphatic hydroxyl groups is 1. The van der Waals surface area contributed by atoms with Crippen LogP contribution >= 0.6 is 0 Å². The van der Waals surface area contributed by atoms with Gasteiger partial charge in [-0.1, -0.05) is 33.1 Å². The molecule has 1 aromatic heterocycles. The highest BCUT2D eigenvalue weighted by Gasteiger charge is 2.23. The Morgan fingerprint density at radius 1 is 1.29 bits per heavy atom. The number of aliphatic hydroxyl groups excluding tert-OH is 1. The number of rotatable bonds is 9. The molecule has 1 heterocycles. The van der Waals surface area contributed by atoms with Crippen molar-refractivity contribution in [3.63, 3.8) is 0 Å². The van der Waals surface area contributed by atoms with Gasteiger partial charge in [0.25, 0.3) is 5.91 Å². The van der Waals surface area contributed by atoms with Crippen LogP contribution in [-0.2, 0) is 13.5 Å². The fourth-order valence-corrected chi connectivity index (χ4v) is 2.43. The Labute approximate surface area is 126 Å². The van der Waals surface area contributed by atoms with E-state index in [2.05, 4.69) is 12.0 Å². The van der Waals surface area contributed by atoms with Crippen LogP contribution in [0.4, 0.5) is 5.69 Å². The highest BCUT2D eigenvalue weighted by atomic mass is 16.3. The summed E-state index contributed by atoms with van der Waals surface area (Å²) >= 11 is 0. The average Bonchev–Trinajstić information content (AvgIpc) is 2.76. The van der Waals surface area contributed by atoms with Gasteiger partial charge in [0.2, 0.25) is 0 Å². The number of carbonyl (C=O) groups is 1. The van der Waals surface area contributed by atoms with Gasteiger partial charge in [-0.05, 0) is 12.8 Å². The Balaban J connectivity index is 2.82. The maximum atomic E-state index is 12.6. The first-order valence-electron chi connectivity index (χ1n) is 7.78. The number of carbonyl (C=O) groups excluding carboxylic acids is 1. The predicted molar refractivity (Wildman–Crippen MR) is 84.1 cm³/mol. The van der Waals surface area contributed by atoms with E-state index in [-0.39, 0.29) is 12.5 Å². The molecule has 0 saturated heterocycles. The Hall–Kier alpha value is -1.56. The van der Waals surface area contributed by atoms with E-state index in [9.17, 15) is 9.90 Å². The molecule has 0 spiro atoms. The van der Waals surface area contributed by atoms with Gasteiger partial charge >= 0.3 is 0 Å². The van der Waals surface area contributed by atoms with Crippen LogP contribution in [-0.4, -0.2) is 45.4 Å². The van der Waals surface area contributed by atoms with Crippen molar-refractivity contribution in [2.45, 2.75) is 46.0 Å². The Morgan fingerprint density at radius 3 is 2.52 bits per heavy atom. The van der Waals surface area contributed by atoms with Crippen molar-refractivity contribution in [1.29, 1.82) is 0 Å². The van der Waals surface area contributed by atoms with E-state index in [4.69, 9.17) is 5.73 Å². The third kappa shape index (κ3) is 4.46. The molecule has 3 N–H and O–H groups in total. The molecule has 6 nitrogen and oxygen atoms in total. The smallest absolute Gasteiger partial charge is 0.274 e. The molecular formula is C15H28N4O2. The first-order chi connectivity index (χ1) is 10.1. The van der Waals surface area contributed by atoms with E-state index in [0.717, 1.165) is 31.4 Å². The topological polar surface area (TPSA) is 84.4 Å². The van der Waals surface area contributed by atoms with Crippen molar-refractivity contribution in [1.82, 2.24) is 14.7 Å². The lowest BCUT2D eigenvalue weighted by atomic mass is 10.2. The number of nitrogens with two attached hydrogens (primary N) is 1. The maximum absolute atomic E-state index is 12.6. The first kappa shape index (κ1) is 17.5. The fraction of sp³-hybridized carbons (Fsp3) is 0.733. The summed E-state index contributed by atoms with van der Waals surface area (Å²) < 4.78 is 1.55. The van der Waals surface area contributed by atoms with Crippen molar-refractivity contribution in [3.8, 4) is 0 Å². The van der Waals surface area contributed by atoms with E-state index in [1.807, 2.05) is 6.92 Å². The van der Waals surface area contributed by atoms with E-state index < -0.39 is 0 Å². The van der Waals surface area contributed by atoms with Crippen LogP contribution in [0, 0.1) is 0 Å². The standard InChI is InChI=1S/C15H28N4O2/c1-4-6-7-8-9-19(10-11-20)15(21)14-13(16)12(5-2)17-18(14)3/h20H,4-11,16H2,1-3H3. The fourth-order valence-electron chi connectivity index (χ4n) is 2.43. The van der Waals surface area contributed by atoms with Crippen LogP contribution in [0.25, 0.3) is 0 Å². The third-order valence-corrected chi connectivity index (χ3v) is 3.64. The summed E-state index contributed by atoms with van der Waals surface area (Å²) in [4.78, 5) is 14.3. The van der Waals surface area contributed by atoms with E-state index >= 15 is 0 Å². The summed E-state index contributed by atoms with van der Waals surface area (Å²) in [5.41, 5.74) is 7.67. The number of amides is 1. The summed E-state index contributed by atoms with van der Waals surface area (Å²) in [5.74, 6) is -0.146. The van der Waals surface area contributed by atoms with Gasteiger partial charge in [0, 0.05) is 20.1 Å². The molecule has 0 aliphatic rings. The number of hydrogen-bond acceptors (Lipinski definition) is 4. The molecule has 0 saturated carbocycles. The number of nitrogen functional groups attached to an aromatic ring is 1. The third-order valence-electron chi connectivity index (χ3n) is 3.64. The van der Waals surface area contributed by atoms with Crippen LogP contribution < -0.4 is 5.73 Å². The van der Waals surface area contributed by atoms with Gasteiger partial charge in [-0.3, -0.25) is 9.48 Å². The minimum absolute atomic E-state index is 0.0437. The molecule has 120 valence electrons. The van der Waals surface area contributed by atoms with Crippen LogP contribution in [0.2, 0.25) is 0 Å². The summed E-state index contributed by atoms with van der Waals surface area (Å²) in [6.45, 7) is 5.04. The van der Waals surface area contributed by atoms with Gasteiger partial charge in [-0.15, -0.1) is 0 Å². The van der Waals surface area contributed by atoms with Crippen LogP contribution in [0.3, 0.4) is 0 Å². The SMILES string of the molecule is CCCCCCN(CCO)C(=O)c1c(N)c(CC)nn1C. The lowest BCUT2D eigenvalue weighted by Crippen LogP contribution is -2.36. The molecular weight excluding hydrogens is 268 g/mol. The van der Waals surface area contributed by atoms with Gasteiger partial charge < -0.3 is 15.7 Å². The normalized spacial score (nSPS) is 10.9. The van der Waals surface area contributed by atoms with Crippen molar-refractivity contribution in [2.75, 3.05) is 25.4 Å². The number of aromatic nitrogens is 2. The lowest BCUT2D eigenvalue weighted by molar-refractivity contribution is 0.0708. The molecule has 0 unspecified atom stereocenters. The number of aryl methyl sites for hydroxylation is 2. The lowest BCUT2D eigenvalue weighted by Gasteiger charge is -2.22. The second kappa shape index (κ2) is 8.67. The molecule has 0 radical (unpaired) electrons. The molecule has 0 aromatic carbocycles. The number of unbranched alkanes of at least 4 members (excludes halogenated alkanes) is 3. The largest absolute Gasteiger partial charge is 0.395 e. The Morgan fingerprint density at radius 2 is 2.00 bits per heavy atom.